The lowest BCUT2D eigenvalue weighted by Crippen LogP contribution is -2.20. The Kier molecular flexibility index (Phi) is 4.98. The van der Waals surface area contributed by atoms with Crippen LogP contribution >= 0.6 is 0 Å². The standard InChI is InChI=1S/C15H21N3O/c1-18-12-9-14(17-18)8-11-16-10-7-13-3-5-15(19-2)6-4-13/h3-6,9,12,16H,7-8,10-11H2,1-2H3. The van der Waals surface area contributed by atoms with Crippen molar-refractivity contribution in [3.8, 4) is 5.75 Å². The molecule has 0 atom stereocenters. The summed E-state index contributed by atoms with van der Waals surface area (Å²) in [6.07, 6.45) is 3.99. The van der Waals surface area contributed by atoms with Gasteiger partial charge in [-0.1, -0.05) is 12.1 Å². The highest BCUT2D eigenvalue weighted by Crippen LogP contribution is 2.11. The van der Waals surface area contributed by atoms with Gasteiger partial charge in [0.1, 0.15) is 5.75 Å². The summed E-state index contributed by atoms with van der Waals surface area (Å²) in [7, 11) is 3.63. The second-order valence-corrected chi connectivity index (χ2v) is 4.58. The van der Waals surface area contributed by atoms with Crippen LogP contribution in [0.1, 0.15) is 11.3 Å². The van der Waals surface area contributed by atoms with Gasteiger partial charge in [-0.15, -0.1) is 0 Å². The second kappa shape index (κ2) is 6.95. The van der Waals surface area contributed by atoms with Crippen LogP contribution in [0.3, 0.4) is 0 Å². The molecule has 102 valence electrons. The quantitative estimate of drug-likeness (QED) is 0.771. The molecular weight excluding hydrogens is 238 g/mol. The zero-order valence-corrected chi connectivity index (χ0v) is 11.6. The third-order valence-electron chi connectivity index (χ3n) is 3.08. The number of aryl methyl sites for hydroxylation is 1. The van der Waals surface area contributed by atoms with Crippen molar-refractivity contribution in [3.05, 3.63) is 47.8 Å². The topological polar surface area (TPSA) is 39.1 Å². The Morgan fingerprint density at radius 1 is 1.11 bits per heavy atom. The first kappa shape index (κ1) is 13.6. The van der Waals surface area contributed by atoms with Gasteiger partial charge in [0.25, 0.3) is 0 Å². The van der Waals surface area contributed by atoms with Gasteiger partial charge in [-0.05, 0) is 36.7 Å². The largest absolute Gasteiger partial charge is 0.497 e. The first-order chi connectivity index (χ1) is 9.28. The summed E-state index contributed by atoms with van der Waals surface area (Å²) in [5, 5.41) is 7.79. The van der Waals surface area contributed by atoms with E-state index in [0.29, 0.717) is 0 Å². The van der Waals surface area contributed by atoms with Crippen molar-refractivity contribution in [2.24, 2.45) is 7.05 Å². The molecule has 4 nitrogen and oxygen atoms in total. The van der Waals surface area contributed by atoms with Gasteiger partial charge in [0.05, 0.1) is 12.8 Å². The number of hydrogen-bond donors (Lipinski definition) is 1. The van der Waals surface area contributed by atoms with Gasteiger partial charge in [0, 0.05) is 26.2 Å². The SMILES string of the molecule is COc1ccc(CCNCCc2ccn(C)n2)cc1. The lowest BCUT2D eigenvalue weighted by Gasteiger charge is -2.05. The van der Waals surface area contributed by atoms with Crippen LogP contribution in [0.25, 0.3) is 0 Å². The van der Waals surface area contributed by atoms with Crippen molar-refractivity contribution in [3.63, 3.8) is 0 Å². The summed E-state index contributed by atoms with van der Waals surface area (Å²) >= 11 is 0. The molecule has 0 bridgehead atoms. The molecule has 1 N–H and O–H groups in total. The predicted octanol–water partition coefficient (Wildman–Crippen LogP) is 1.80. The molecule has 0 fully saturated rings. The van der Waals surface area contributed by atoms with E-state index in [4.69, 9.17) is 4.74 Å². The van der Waals surface area contributed by atoms with Crippen LogP contribution in [0.2, 0.25) is 0 Å². The van der Waals surface area contributed by atoms with Gasteiger partial charge in [-0.3, -0.25) is 4.68 Å². The van der Waals surface area contributed by atoms with E-state index >= 15 is 0 Å². The van der Waals surface area contributed by atoms with E-state index < -0.39 is 0 Å². The summed E-state index contributed by atoms with van der Waals surface area (Å²) < 4.78 is 6.98. The second-order valence-electron chi connectivity index (χ2n) is 4.58. The van der Waals surface area contributed by atoms with Crippen LogP contribution in [0.4, 0.5) is 0 Å². The number of nitrogens with one attached hydrogen (secondary N) is 1. The average molecular weight is 259 g/mol. The van der Waals surface area contributed by atoms with Crippen molar-refractivity contribution in [2.45, 2.75) is 12.8 Å². The highest BCUT2D eigenvalue weighted by atomic mass is 16.5. The van der Waals surface area contributed by atoms with Crippen LogP contribution in [-0.4, -0.2) is 30.0 Å². The predicted molar refractivity (Wildman–Crippen MR) is 76.5 cm³/mol. The van der Waals surface area contributed by atoms with E-state index in [1.807, 2.05) is 30.1 Å². The van der Waals surface area contributed by atoms with Crippen LogP contribution in [-0.2, 0) is 19.9 Å². The van der Waals surface area contributed by atoms with Crippen molar-refractivity contribution in [1.82, 2.24) is 15.1 Å². The molecule has 0 spiro atoms. The van der Waals surface area contributed by atoms with E-state index in [9.17, 15) is 0 Å². The summed E-state index contributed by atoms with van der Waals surface area (Å²) in [5.41, 5.74) is 2.46. The molecule has 1 aromatic heterocycles. The van der Waals surface area contributed by atoms with Gasteiger partial charge in [-0.25, -0.2) is 0 Å². The van der Waals surface area contributed by atoms with E-state index in [1.54, 1.807) is 7.11 Å². The third-order valence-corrected chi connectivity index (χ3v) is 3.08. The molecule has 2 rings (SSSR count). The fourth-order valence-electron chi connectivity index (χ4n) is 1.96. The van der Waals surface area contributed by atoms with Gasteiger partial charge >= 0.3 is 0 Å². The van der Waals surface area contributed by atoms with E-state index in [-0.39, 0.29) is 0 Å². The Morgan fingerprint density at radius 2 is 1.84 bits per heavy atom. The molecule has 2 aromatic rings. The monoisotopic (exact) mass is 259 g/mol. The Bertz CT molecular complexity index is 490. The van der Waals surface area contributed by atoms with Gasteiger partial charge in [0.15, 0.2) is 0 Å². The summed E-state index contributed by atoms with van der Waals surface area (Å²) in [4.78, 5) is 0. The third kappa shape index (κ3) is 4.41. The molecular formula is C15H21N3O. The molecule has 0 unspecified atom stereocenters. The van der Waals surface area contributed by atoms with Crippen molar-refractivity contribution < 1.29 is 4.74 Å². The minimum absolute atomic E-state index is 0.909. The molecule has 1 aromatic carbocycles. The van der Waals surface area contributed by atoms with Crippen LogP contribution < -0.4 is 10.1 Å². The maximum absolute atomic E-state index is 5.14. The number of hydrogen-bond acceptors (Lipinski definition) is 3. The molecule has 19 heavy (non-hydrogen) atoms. The molecule has 4 heteroatoms. The van der Waals surface area contributed by atoms with Crippen LogP contribution in [0.5, 0.6) is 5.75 Å². The lowest BCUT2D eigenvalue weighted by atomic mass is 10.1. The summed E-state index contributed by atoms with van der Waals surface area (Å²) in [6.45, 7) is 1.95. The highest BCUT2D eigenvalue weighted by molar-refractivity contribution is 5.27. The number of rotatable bonds is 7. The summed E-state index contributed by atoms with van der Waals surface area (Å²) in [6, 6.07) is 10.3. The molecule has 1 heterocycles. The first-order valence-electron chi connectivity index (χ1n) is 6.60. The number of aromatic nitrogens is 2. The van der Waals surface area contributed by atoms with Gasteiger partial charge < -0.3 is 10.1 Å². The maximum atomic E-state index is 5.14. The van der Waals surface area contributed by atoms with Crippen LogP contribution in [0, 0.1) is 0 Å². The fourth-order valence-corrected chi connectivity index (χ4v) is 1.96. The van der Waals surface area contributed by atoms with Crippen molar-refractivity contribution in [2.75, 3.05) is 20.2 Å². The van der Waals surface area contributed by atoms with Gasteiger partial charge in [-0.2, -0.15) is 5.10 Å². The number of ether oxygens (including phenoxy) is 1. The number of nitrogens with zero attached hydrogens (tertiary/aromatic N) is 2. The fraction of sp³-hybridized carbons (Fsp3) is 0.400. The Labute approximate surface area is 114 Å². The van der Waals surface area contributed by atoms with E-state index in [2.05, 4.69) is 28.6 Å². The average Bonchev–Trinajstić information content (AvgIpc) is 2.85. The Morgan fingerprint density at radius 3 is 2.47 bits per heavy atom. The maximum Gasteiger partial charge on any atom is 0.118 e. The first-order valence-corrected chi connectivity index (χ1v) is 6.60. The smallest absolute Gasteiger partial charge is 0.118 e. The minimum Gasteiger partial charge on any atom is -0.497 e. The van der Waals surface area contributed by atoms with Crippen molar-refractivity contribution >= 4 is 0 Å². The lowest BCUT2D eigenvalue weighted by molar-refractivity contribution is 0.414. The zero-order valence-electron chi connectivity index (χ0n) is 11.6. The molecule has 0 aliphatic rings. The molecule has 0 aliphatic heterocycles. The molecule has 0 saturated heterocycles. The van der Waals surface area contributed by atoms with Gasteiger partial charge in [0.2, 0.25) is 0 Å². The normalized spacial score (nSPS) is 10.6. The van der Waals surface area contributed by atoms with Crippen molar-refractivity contribution in [1.29, 1.82) is 0 Å². The molecule has 0 amide bonds. The molecule has 0 aliphatic carbocycles. The summed E-state index contributed by atoms with van der Waals surface area (Å²) in [5.74, 6) is 0.909. The zero-order chi connectivity index (χ0) is 13.5. The van der Waals surface area contributed by atoms with E-state index in [1.165, 1.54) is 5.56 Å². The number of benzene rings is 1. The molecule has 0 radical (unpaired) electrons. The Hall–Kier alpha value is -1.81. The number of methoxy groups -OCH3 is 1. The highest BCUT2D eigenvalue weighted by Gasteiger charge is 1.97. The van der Waals surface area contributed by atoms with Crippen LogP contribution in [0.15, 0.2) is 36.5 Å². The van der Waals surface area contributed by atoms with E-state index in [0.717, 1.165) is 37.4 Å². The molecule has 0 saturated carbocycles. The Balaban J connectivity index is 1.63. The minimum atomic E-state index is 0.909.